The smallest absolute Gasteiger partial charge is 0.305 e. The van der Waals surface area contributed by atoms with Crippen LogP contribution in [0.5, 0.6) is 0 Å². The van der Waals surface area contributed by atoms with Gasteiger partial charge in [0.25, 0.3) is 0 Å². The first-order chi connectivity index (χ1) is 8.79. The number of rotatable bonds is 3. The summed E-state index contributed by atoms with van der Waals surface area (Å²) in [6, 6.07) is 1.18. The van der Waals surface area contributed by atoms with Gasteiger partial charge in [-0.05, 0) is 18.8 Å². The standard InChI is InChI=1S/C11H16N2O4S2/c1-8-4-3-5-12(7-8)11-9(13(14)15)6-10(18-11)19(2,16)17/h6,8H,3-5,7H2,1-2H3. The van der Waals surface area contributed by atoms with Crippen molar-refractivity contribution in [1.29, 1.82) is 0 Å². The number of thiophene rings is 1. The third kappa shape index (κ3) is 3.06. The molecule has 0 N–H and O–H groups in total. The second kappa shape index (κ2) is 5.09. The summed E-state index contributed by atoms with van der Waals surface area (Å²) < 4.78 is 23.1. The number of hydrogen-bond donors (Lipinski definition) is 0. The molecule has 0 aliphatic carbocycles. The monoisotopic (exact) mass is 304 g/mol. The molecule has 0 radical (unpaired) electrons. The molecule has 0 spiro atoms. The zero-order valence-corrected chi connectivity index (χ0v) is 12.5. The molecule has 1 saturated heterocycles. The molecule has 1 aliphatic rings. The highest BCUT2D eigenvalue weighted by Crippen LogP contribution is 2.41. The van der Waals surface area contributed by atoms with Crippen LogP contribution < -0.4 is 4.90 Å². The summed E-state index contributed by atoms with van der Waals surface area (Å²) in [5.41, 5.74) is -0.0977. The van der Waals surface area contributed by atoms with Crippen LogP contribution in [0.1, 0.15) is 19.8 Å². The van der Waals surface area contributed by atoms with E-state index in [0.717, 1.165) is 43.5 Å². The van der Waals surface area contributed by atoms with Gasteiger partial charge in [-0.1, -0.05) is 18.3 Å². The molecule has 0 amide bonds. The van der Waals surface area contributed by atoms with Crippen LogP contribution in [-0.2, 0) is 9.84 Å². The van der Waals surface area contributed by atoms with Gasteiger partial charge in [0.05, 0.1) is 4.92 Å². The Bertz CT molecular complexity index is 594. The molecule has 1 aromatic heterocycles. The quantitative estimate of drug-likeness (QED) is 0.632. The summed E-state index contributed by atoms with van der Waals surface area (Å²) in [4.78, 5) is 12.5. The van der Waals surface area contributed by atoms with Gasteiger partial charge in [-0.25, -0.2) is 8.42 Å². The van der Waals surface area contributed by atoms with Gasteiger partial charge < -0.3 is 4.90 Å². The molecule has 1 fully saturated rings. The van der Waals surface area contributed by atoms with Crippen LogP contribution >= 0.6 is 11.3 Å². The van der Waals surface area contributed by atoms with Gasteiger partial charge in [0.1, 0.15) is 4.21 Å². The highest BCUT2D eigenvalue weighted by molar-refractivity contribution is 7.92. The summed E-state index contributed by atoms with van der Waals surface area (Å²) in [5, 5.41) is 11.5. The number of nitrogens with zero attached hydrogens (tertiary/aromatic N) is 2. The van der Waals surface area contributed by atoms with Crippen LogP contribution in [0, 0.1) is 16.0 Å². The van der Waals surface area contributed by atoms with Crippen LogP contribution in [0.25, 0.3) is 0 Å². The largest absolute Gasteiger partial charge is 0.358 e. The van der Waals surface area contributed by atoms with Gasteiger partial charge in [-0.3, -0.25) is 10.1 Å². The Kier molecular flexibility index (Phi) is 3.82. The van der Waals surface area contributed by atoms with Crippen molar-refractivity contribution in [1.82, 2.24) is 0 Å². The first kappa shape index (κ1) is 14.3. The molecule has 2 rings (SSSR count). The molecule has 106 valence electrons. The Hall–Kier alpha value is -1.15. The fraction of sp³-hybridized carbons (Fsp3) is 0.636. The summed E-state index contributed by atoms with van der Waals surface area (Å²) in [6.07, 6.45) is 3.16. The van der Waals surface area contributed by atoms with Crippen LogP contribution in [0.4, 0.5) is 10.7 Å². The molecular formula is C11H16N2O4S2. The Balaban J connectivity index is 2.43. The molecular weight excluding hydrogens is 288 g/mol. The minimum Gasteiger partial charge on any atom is -0.358 e. The number of anilines is 1. The van der Waals surface area contributed by atoms with E-state index in [9.17, 15) is 18.5 Å². The highest BCUT2D eigenvalue weighted by atomic mass is 32.2. The van der Waals surface area contributed by atoms with Crippen molar-refractivity contribution in [2.24, 2.45) is 5.92 Å². The lowest BCUT2D eigenvalue weighted by Gasteiger charge is -2.30. The normalized spacial score (nSPS) is 20.5. The molecule has 0 bridgehead atoms. The van der Waals surface area contributed by atoms with E-state index < -0.39 is 14.8 Å². The molecule has 6 nitrogen and oxygen atoms in total. The Morgan fingerprint density at radius 1 is 1.53 bits per heavy atom. The van der Waals surface area contributed by atoms with Gasteiger partial charge in [-0.15, -0.1) is 0 Å². The van der Waals surface area contributed by atoms with E-state index in [1.54, 1.807) is 0 Å². The van der Waals surface area contributed by atoms with Crippen molar-refractivity contribution in [3.05, 3.63) is 16.2 Å². The molecule has 1 aromatic rings. The Labute approximate surface area is 116 Å². The molecule has 0 aromatic carbocycles. The minimum atomic E-state index is -3.40. The zero-order valence-electron chi connectivity index (χ0n) is 10.8. The Morgan fingerprint density at radius 2 is 2.21 bits per heavy atom. The van der Waals surface area contributed by atoms with Crippen molar-refractivity contribution in [2.45, 2.75) is 24.0 Å². The topological polar surface area (TPSA) is 80.5 Å². The van der Waals surface area contributed by atoms with Crippen LogP contribution in [-0.4, -0.2) is 32.7 Å². The van der Waals surface area contributed by atoms with E-state index in [1.807, 2.05) is 4.90 Å². The fourth-order valence-corrected chi connectivity index (χ4v) is 4.33. The van der Waals surface area contributed by atoms with Gasteiger partial charge in [0.2, 0.25) is 0 Å². The summed E-state index contributed by atoms with van der Waals surface area (Å²) in [5.74, 6) is 0.470. The van der Waals surface area contributed by atoms with Crippen molar-refractivity contribution in [3.63, 3.8) is 0 Å². The average molecular weight is 304 g/mol. The predicted octanol–water partition coefficient (Wildman–Crippen LogP) is 2.30. The summed E-state index contributed by atoms with van der Waals surface area (Å²) >= 11 is 1.000. The maximum absolute atomic E-state index is 11.5. The lowest BCUT2D eigenvalue weighted by atomic mass is 10.0. The van der Waals surface area contributed by atoms with E-state index in [0.29, 0.717) is 10.9 Å². The van der Waals surface area contributed by atoms with Gasteiger partial charge in [0, 0.05) is 25.4 Å². The number of piperidine rings is 1. The Morgan fingerprint density at radius 3 is 2.74 bits per heavy atom. The molecule has 8 heteroatoms. The molecule has 19 heavy (non-hydrogen) atoms. The van der Waals surface area contributed by atoms with E-state index in [1.165, 1.54) is 6.07 Å². The highest BCUT2D eigenvalue weighted by Gasteiger charge is 2.29. The summed E-state index contributed by atoms with van der Waals surface area (Å²) in [6.45, 7) is 3.59. The van der Waals surface area contributed by atoms with E-state index >= 15 is 0 Å². The first-order valence-corrected chi connectivity index (χ1v) is 8.73. The van der Waals surface area contributed by atoms with Gasteiger partial charge in [-0.2, -0.15) is 0 Å². The van der Waals surface area contributed by atoms with Crippen molar-refractivity contribution in [2.75, 3.05) is 24.2 Å². The number of hydrogen-bond acceptors (Lipinski definition) is 6. The van der Waals surface area contributed by atoms with E-state index in [-0.39, 0.29) is 9.90 Å². The second-order valence-electron chi connectivity index (χ2n) is 4.98. The molecule has 2 heterocycles. The minimum absolute atomic E-state index is 0.0624. The van der Waals surface area contributed by atoms with Crippen molar-refractivity contribution in [3.8, 4) is 0 Å². The van der Waals surface area contributed by atoms with Gasteiger partial charge in [0.15, 0.2) is 14.8 Å². The summed E-state index contributed by atoms with van der Waals surface area (Å²) in [7, 11) is -3.40. The number of sulfone groups is 1. The van der Waals surface area contributed by atoms with E-state index in [4.69, 9.17) is 0 Å². The first-order valence-electron chi connectivity index (χ1n) is 6.02. The molecule has 1 aliphatic heterocycles. The maximum atomic E-state index is 11.5. The van der Waals surface area contributed by atoms with Crippen molar-refractivity contribution < 1.29 is 13.3 Å². The third-order valence-electron chi connectivity index (χ3n) is 3.18. The van der Waals surface area contributed by atoms with Gasteiger partial charge >= 0.3 is 5.69 Å². The lowest BCUT2D eigenvalue weighted by Crippen LogP contribution is -2.33. The molecule has 0 saturated carbocycles. The van der Waals surface area contributed by atoms with Crippen LogP contribution in [0.2, 0.25) is 0 Å². The van der Waals surface area contributed by atoms with Crippen LogP contribution in [0.3, 0.4) is 0 Å². The zero-order chi connectivity index (χ0) is 14.2. The number of nitro groups is 1. The predicted molar refractivity (Wildman–Crippen MR) is 74.7 cm³/mol. The van der Waals surface area contributed by atoms with Crippen LogP contribution in [0.15, 0.2) is 10.3 Å². The lowest BCUT2D eigenvalue weighted by molar-refractivity contribution is -0.383. The average Bonchev–Trinajstić information content (AvgIpc) is 2.73. The maximum Gasteiger partial charge on any atom is 0.305 e. The van der Waals surface area contributed by atoms with E-state index in [2.05, 4.69) is 6.92 Å². The molecule has 1 unspecified atom stereocenters. The molecule has 1 atom stereocenters. The fourth-order valence-electron chi connectivity index (χ4n) is 2.26. The third-order valence-corrected chi connectivity index (χ3v) is 6.16. The SMILES string of the molecule is CC1CCCN(c2sc(S(C)(=O)=O)cc2[N+](=O)[O-])C1. The second-order valence-corrected chi connectivity index (χ2v) is 8.25. The van der Waals surface area contributed by atoms with Crippen molar-refractivity contribution >= 4 is 31.9 Å².